The number of H-pyrrole nitrogens is 1. The van der Waals surface area contributed by atoms with Crippen molar-refractivity contribution in [1.29, 1.82) is 0 Å². The highest BCUT2D eigenvalue weighted by Crippen LogP contribution is 2.28. The molecule has 7 heteroatoms. The Morgan fingerprint density at radius 2 is 1.66 bits per heavy atom. The van der Waals surface area contributed by atoms with Crippen molar-refractivity contribution in [2.45, 2.75) is 17.2 Å². The Kier molecular flexibility index (Phi) is 6.72. The average Bonchev–Trinajstić information content (AvgIpc) is 2.72. The summed E-state index contributed by atoms with van der Waals surface area (Å²) in [5.74, 6) is -0.648. The van der Waals surface area contributed by atoms with E-state index in [1.165, 1.54) is 30.5 Å². The van der Waals surface area contributed by atoms with Crippen LogP contribution in [0.5, 0.6) is 0 Å². The van der Waals surface area contributed by atoms with E-state index in [1.807, 2.05) is 24.3 Å². The van der Waals surface area contributed by atoms with Gasteiger partial charge in [0.1, 0.15) is 22.9 Å². The van der Waals surface area contributed by atoms with Crippen molar-refractivity contribution >= 4 is 16.7 Å². The van der Waals surface area contributed by atoms with E-state index in [0.29, 0.717) is 18.5 Å². The number of aromatic nitrogens is 1. The van der Waals surface area contributed by atoms with E-state index >= 15 is 0 Å². The number of pyridine rings is 1. The molecule has 29 heavy (non-hydrogen) atoms. The first kappa shape index (κ1) is 20.7. The van der Waals surface area contributed by atoms with Crippen LogP contribution in [0.2, 0.25) is 0 Å². The van der Waals surface area contributed by atoms with Crippen LogP contribution in [0.15, 0.2) is 76.6 Å². The molecule has 0 fully saturated rings. The first-order chi connectivity index (χ1) is 13.9. The van der Waals surface area contributed by atoms with Gasteiger partial charge in [-0.3, -0.25) is 9.59 Å². The zero-order valence-corrected chi connectivity index (χ0v) is 16.8. The molecule has 0 aliphatic heterocycles. The van der Waals surface area contributed by atoms with Crippen LogP contribution < -0.4 is 10.9 Å². The van der Waals surface area contributed by atoms with Gasteiger partial charge < -0.3 is 10.3 Å². The van der Waals surface area contributed by atoms with E-state index in [4.69, 9.17) is 0 Å². The van der Waals surface area contributed by atoms with Gasteiger partial charge in [-0.05, 0) is 47.9 Å². The second kappa shape index (κ2) is 9.43. The van der Waals surface area contributed by atoms with Gasteiger partial charge >= 0.3 is 0 Å². The van der Waals surface area contributed by atoms with E-state index in [1.54, 1.807) is 18.4 Å². The van der Waals surface area contributed by atoms with Crippen LogP contribution >= 0.6 is 0 Å². The zero-order valence-electron chi connectivity index (χ0n) is 15.9. The fourth-order valence-corrected chi connectivity index (χ4v) is 3.69. The highest BCUT2D eigenvalue weighted by atomic mass is 32.2. The highest BCUT2D eigenvalue weighted by molar-refractivity contribution is 7.84. The Balaban J connectivity index is 1.75. The molecule has 0 radical (unpaired) electrons. The van der Waals surface area contributed by atoms with Crippen molar-refractivity contribution in [3.05, 3.63) is 99.7 Å². The fraction of sp³-hybridized carbons (Fsp3) is 0.182. The Hall–Kier alpha value is -3.06. The van der Waals surface area contributed by atoms with E-state index in [0.717, 1.165) is 16.0 Å². The molecule has 0 aliphatic carbocycles. The van der Waals surface area contributed by atoms with Gasteiger partial charge in [-0.25, -0.2) is 4.39 Å². The summed E-state index contributed by atoms with van der Waals surface area (Å²) in [4.78, 5) is 26.6. The quantitative estimate of drug-likeness (QED) is 0.461. The van der Waals surface area contributed by atoms with E-state index in [-0.39, 0.29) is 23.2 Å². The van der Waals surface area contributed by atoms with Crippen molar-refractivity contribution < 1.29 is 13.4 Å². The number of rotatable bonds is 7. The number of aromatic amines is 1. The normalized spacial score (nSPS) is 12.9. The molecule has 3 rings (SSSR count). The third kappa shape index (κ3) is 5.48. The average molecular weight is 413 g/mol. The number of hydrogen-bond donors (Lipinski definition) is 2. The lowest BCUT2D eigenvalue weighted by molar-refractivity contribution is 0.0952. The number of hydrogen-bond acceptors (Lipinski definition) is 3. The third-order valence-electron chi connectivity index (χ3n) is 4.70. The standard InChI is InChI=1S/C22H21FN2O3S/c1-29(28)19-9-4-16(5-10-19)20(15-2-7-18(23)8-3-15)12-13-24-22(27)17-6-11-21(26)25-14-17/h2-11,14,20H,12-13H2,1H3,(H,24,27)(H,25,26)/p+1. The Labute approximate surface area is 170 Å². The predicted octanol–water partition coefficient (Wildman–Crippen LogP) is 3.15. The van der Waals surface area contributed by atoms with Crippen molar-refractivity contribution in [2.75, 3.05) is 12.8 Å². The number of nitrogens with one attached hydrogen (secondary N) is 2. The number of carbonyl (C=O) groups excluding carboxylic acids is 1. The van der Waals surface area contributed by atoms with Gasteiger partial charge in [0.25, 0.3) is 5.91 Å². The van der Waals surface area contributed by atoms with Gasteiger partial charge in [0.2, 0.25) is 5.56 Å². The predicted molar refractivity (Wildman–Crippen MR) is 112 cm³/mol. The Bertz CT molecular complexity index is 1040. The van der Waals surface area contributed by atoms with Crippen molar-refractivity contribution in [2.24, 2.45) is 0 Å². The van der Waals surface area contributed by atoms with E-state index in [2.05, 4.69) is 10.3 Å². The van der Waals surface area contributed by atoms with E-state index in [9.17, 15) is 18.2 Å². The minimum absolute atomic E-state index is 0.0599. The summed E-state index contributed by atoms with van der Waals surface area (Å²) in [5.41, 5.74) is 2.03. The molecule has 0 saturated heterocycles. The van der Waals surface area contributed by atoms with Crippen molar-refractivity contribution in [1.82, 2.24) is 10.3 Å². The molecule has 5 nitrogen and oxygen atoms in total. The molecular formula is C22H22FN2O3S+. The van der Waals surface area contributed by atoms with Gasteiger partial charge in [-0.2, -0.15) is 0 Å². The van der Waals surface area contributed by atoms with Crippen LogP contribution in [-0.2, 0) is 15.0 Å². The smallest absolute Gasteiger partial charge is 0.252 e. The summed E-state index contributed by atoms with van der Waals surface area (Å²) in [5, 5.41) is 2.85. The lowest BCUT2D eigenvalue weighted by Gasteiger charge is -2.18. The SMILES string of the molecule is C[SH+](=O)c1ccc(C(CCNC(=O)c2ccc(=O)[nH]c2)c2ccc(F)cc2)cc1. The molecule has 2 atom stereocenters. The number of carbonyl (C=O) groups is 1. The van der Waals surface area contributed by atoms with Crippen LogP contribution in [0.4, 0.5) is 4.39 Å². The first-order valence-electron chi connectivity index (χ1n) is 9.17. The summed E-state index contributed by atoms with van der Waals surface area (Å²) in [6.07, 6.45) is 3.63. The zero-order chi connectivity index (χ0) is 20.8. The summed E-state index contributed by atoms with van der Waals surface area (Å²) < 4.78 is 25.0. The van der Waals surface area contributed by atoms with Gasteiger partial charge in [-0.1, -0.05) is 24.3 Å². The molecule has 1 aromatic heterocycles. The molecule has 3 aromatic rings. The number of thiol groups is 1. The van der Waals surface area contributed by atoms with Crippen LogP contribution in [0.1, 0.15) is 33.8 Å². The van der Waals surface area contributed by atoms with Gasteiger partial charge in [0.15, 0.2) is 4.90 Å². The molecule has 2 aromatic carbocycles. The minimum Gasteiger partial charge on any atom is -0.352 e. The van der Waals surface area contributed by atoms with E-state index < -0.39 is 10.8 Å². The lowest BCUT2D eigenvalue weighted by atomic mass is 9.88. The number of benzene rings is 2. The highest BCUT2D eigenvalue weighted by Gasteiger charge is 2.16. The number of halogens is 1. The maximum Gasteiger partial charge on any atom is 0.252 e. The maximum atomic E-state index is 13.4. The summed E-state index contributed by atoms with van der Waals surface area (Å²) >= 11 is 0. The first-order valence-corrected chi connectivity index (χ1v) is 10.9. The summed E-state index contributed by atoms with van der Waals surface area (Å²) in [7, 11) is -1.42. The van der Waals surface area contributed by atoms with Gasteiger partial charge in [0, 0.05) is 24.7 Å². The molecule has 0 saturated carbocycles. The summed E-state index contributed by atoms with van der Waals surface area (Å²) in [6.45, 7) is 0.393. The third-order valence-corrected chi connectivity index (χ3v) is 5.72. The summed E-state index contributed by atoms with van der Waals surface area (Å²) in [6, 6.07) is 16.6. The fourth-order valence-electron chi connectivity index (χ4n) is 3.12. The van der Waals surface area contributed by atoms with Crippen LogP contribution in [-0.4, -0.2) is 23.7 Å². The van der Waals surface area contributed by atoms with Crippen molar-refractivity contribution in [3.63, 3.8) is 0 Å². The topological polar surface area (TPSA) is 79.0 Å². The second-order valence-corrected chi connectivity index (χ2v) is 8.19. The van der Waals surface area contributed by atoms with Crippen LogP contribution in [0.3, 0.4) is 0 Å². The molecule has 0 spiro atoms. The van der Waals surface area contributed by atoms with Crippen molar-refractivity contribution in [3.8, 4) is 0 Å². The molecule has 0 aliphatic rings. The van der Waals surface area contributed by atoms with Crippen LogP contribution in [0.25, 0.3) is 0 Å². The Morgan fingerprint density at radius 1 is 1.03 bits per heavy atom. The van der Waals surface area contributed by atoms with Gasteiger partial charge in [-0.15, -0.1) is 4.21 Å². The molecule has 2 N–H and O–H groups in total. The monoisotopic (exact) mass is 413 g/mol. The second-order valence-electron chi connectivity index (χ2n) is 6.68. The molecule has 0 bridgehead atoms. The molecule has 2 unspecified atom stereocenters. The molecule has 1 heterocycles. The number of amides is 1. The Morgan fingerprint density at radius 3 is 2.21 bits per heavy atom. The largest absolute Gasteiger partial charge is 0.352 e. The van der Waals surface area contributed by atoms with Gasteiger partial charge in [0.05, 0.1) is 5.56 Å². The van der Waals surface area contributed by atoms with Crippen LogP contribution in [0, 0.1) is 5.82 Å². The molecule has 1 amide bonds. The lowest BCUT2D eigenvalue weighted by Crippen LogP contribution is -2.26. The maximum absolute atomic E-state index is 13.4. The molecule has 150 valence electrons. The minimum atomic E-state index is -1.42. The molecular weight excluding hydrogens is 391 g/mol.